The summed E-state index contributed by atoms with van der Waals surface area (Å²) in [6.07, 6.45) is 11.0. The molecule has 0 aliphatic heterocycles. The average Bonchev–Trinajstić information content (AvgIpc) is 2.31. The van der Waals surface area contributed by atoms with Crippen molar-refractivity contribution >= 4 is 0 Å². The van der Waals surface area contributed by atoms with Gasteiger partial charge in [0.25, 0.3) is 0 Å². The highest BCUT2D eigenvalue weighted by molar-refractivity contribution is 4.62. The Morgan fingerprint density at radius 2 is 1.43 bits per heavy atom. The van der Waals surface area contributed by atoms with Crippen molar-refractivity contribution in [1.82, 2.24) is 0 Å². The standard InChI is InChI=1S/C12H24O2/c1-11(13-2)14-12-9-7-5-3-4-6-8-10-12/h11-12H,3-10H2,1-2H3. The monoisotopic (exact) mass is 200 g/mol. The predicted molar refractivity (Wildman–Crippen MR) is 58.3 cm³/mol. The Labute approximate surface area is 88.0 Å². The van der Waals surface area contributed by atoms with E-state index in [4.69, 9.17) is 9.47 Å². The van der Waals surface area contributed by atoms with Gasteiger partial charge in [0.15, 0.2) is 6.29 Å². The van der Waals surface area contributed by atoms with Crippen LogP contribution in [0.1, 0.15) is 58.3 Å². The number of ether oxygens (including phenoxy) is 2. The Bertz CT molecular complexity index is 126. The zero-order valence-electron chi connectivity index (χ0n) is 9.63. The lowest BCUT2D eigenvalue weighted by atomic mass is 10.1. The molecule has 84 valence electrons. The molecule has 14 heavy (non-hydrogen) atoms. The lowest BCUT2D eigenvalue weighted by Gasteiger charge is -2.20. The van der Waals surface area contributed by atoms with Gasteiger partial charge in [0.2, 0.25) is 0 Å². The summed E-state index contributed by atoms with van der Waals surface area (Å²) >= 11 is 0. The van der Waals surface area contributed by atoms with Crippen LogP contribution in [0.25, 0.3) is 0 Å². The minimum absolute atomic E-state index is 0.0410. The van der Waals surface area contributed by atoms with Crippen molar-refractivity contribution in [3.05, 3.63) is 0 Å². The summed E-state index contributed by atoms with van der Waals surface area (Å²) in [5, 5.41) is 0. The molecule has 1 aliphatic carbocycles. The highest BCUT2D eigenvalue weighted by Crippen LogP contribution is 2.20. The third-order valence-electron chi connectivity index (χ3n) is 3.02. The van der Waals surface area contributed by atoms with Crippen molar-refractivity contribution in [1.29, 1.82) is 0 Å². The summed E-state index contributed by atoms with van der Waals surface area (Å²) in [6, 6.07) is 0. The van der Waals surface area contributed by atoms with Crippen molar-refractivity contribution in [3.8, 4) is 0 Å². The zero-order chi connectivity index (χ0) is 10.2. The van der Waals surface area contributed by atoms with Gasteiger partial charge in [-0.05, 0) is 19.8 Å². The van der Waals surface area contributed by atoms with E-state index in [1.54, 1.807) is 7.11 Å². The summed E-state index contributed by atoms with van der Waals surface area (Å²) in [5.41, 5.74) is 0. The Kier molecular flexibility index (Phi) is 6.20. The van der Waals surface area contributed by atoms with Gasteiger partial charge in [0.1, 0.15) is 0 Å². The minimum Gasteiger partial charge on any atom is -0.356 e. The van der Waals surface area contributed by atoms with Crippen molar-refractivity contribution in [2.45, 2.75) is 70.7 Å². The number of hydrogen-bond donors (Lipinski definition) is 0. The van der Waals surface area contributed by atoms with E-state index < -0.39 is 0 Å². The van der Waals surface area contributed by atoms with Crippen molar-refractivity contribution in [2.24, 2.45) is 0 Å². The Morgan fingerprint density at radius 1 is 0.929 bits per heavy atom. The number of rotatable bonds is 3. The topological polar surface area (TPSA) is 18.5 Å². The van der Waals surface area contributed by atoms with Crippen molar-refractivity contribution < 1.29 is 9.47 Å². The molecule has 0 saturated heterocycles. The second-order valence-electron chi connectivity index (χ2n) is 4.26. The molecule has 0 amide bonds. The van der Waals surface area contributed by atoms with Crippen LogP contribution in [0.5, 0.6) is 0 Å². The van der Waals surface area contributed by atoms with Gasteiger partial charge in [-0.2, -0.15) is 0 Å². The Morgan fingerprint density at radius 3 is 1.93 bits per heavy atom. The first kappa shape index (κ1) is 12.0. The number of methoxy groups -OCH3 is 1. The maximum atomic E-state index is 5.81. The number of hydrogen-bond acceptors (Lipinski definition) is 2. The fourth-order valence-electron chi connectivity index (χ4n) is 2.06. The normalized spacial score (nSPS) is 23.6. The first-order valence-corrected chi connectivity index (χ1v) is 6.01. The lowest BCUT2D eigenvalue weighted by molar-refractivity contribution is -0.147. The van der Waals surface area contributed by atoms with E-state index in [-0.39, 0.29) is 6.29 Å². The van der Waals surface area contributed by atoms with E-state index in [9.17, 15) is 0 Å². The van der Waals surface area contributed by atoms with Crippen LogP contribution < -0.4 is 0 Å². The van der Waals surface area contributed by atoms with Gasteiger partial charge in [-0.1, -0.05) is 38.5 Å². The molecule has 1 rings (SSSR count). The van der Waals surface area contributed by atoms with Crippen LogP contribution in [-0.2, 0) is 9.47 Å². The summed E-state index contributed by atoms with van der Waals surface area (Å²) in [5.74, 6) is 0. The molecule has 0 aromatic rings. The van der Waals surface area contributed by atoms with Crippen LogP contribution in [0, 0.1) is 0 Å². The molecule has 1 aliphatic rings. The molecule has 0 aromatic carbocycles. The van der Waals surface area contributed by atoms with Crippen LogP contribution in [0.3, 0.4) is 0 Å². The first-order chi connectivity index (χ1) is 6.83. The van der Waals surface area contributed by atoms with Crippen LogP contribution >= 0.6 is 0 Å². The Balaban J connectivity index is 2.25. The SMILES string of the molecule is COC(C)OC1CCCCCCCC1. The predicted octanol–water partition coefficient (Wildman–Crippen LogP) is 3.50. The second-order valence-corrected chi connectivity index (χ2v) is 4.26. The molecule has 1 fully saturated rings. The van der Waals surface area contributed by atoms with E-state index in [1.807, 2.05) is 6.92 Å². The fourth-order valence-corrected chi connectivity index (χ4v) is 2.06. The van der Waals surface area contributed by atoms with Gasteiger partial charge in [-0.25, -0.2) is 0 Å². The molecule has 0 spiro atoms. The third-order valence-corrected chi connectivity index (χ3v) is 3.02. The van der Waals surface area contributed by atoms with E-state index in [1.165, 1.54) is 51.4 Å². The van der Waals surface area contributed by atoms with Crippen LogP contribution in [-0.4, -0.2) is 19.5 Å². The van der Waals surface area contributed by atoms with Gasteiger partial charge in [0.05, 0.1) is 6.10 Å². The molecule has 0 N–H and O–H groups in total. The smallest absolute Gasteiger partial charge is 0.154 e. The van der Waals surface area contributed by atoms with Gasteiger partial charge in [-0.3, -0.25) is 0 Å². The third kappa shape index (κ3) is 4.97. The van der Waals surface area contributed by atoms with Crippen molar-refractivity contribution in [2.75, 3.05) is 7.11 Å². The van der Waals surface area contributed by atoms with Crippen LogP contribution in [0.15, 0.2) is 0 Å². The zero-order valence-corrected chi connectivity index (χ0v) is 9.63. The maximum Gasteiger partial charge on any atom is 0.154 e. The summed E-state index contributed by atoms with van der Waals surface area (Å²) in [7, 11) is 1.71. The van der Waals surface area contributed by atoms with Gasteiger partial charge < -0.3 is 9.47 Å². The molecule has 1 saturated carbocycles. The minimum atomic E-state index is -0.0410. The molecule has 0 heterocycles. The first-order valence-electron chi connectivity index (χ1n) is 6.01. The van der Waals surface area contributed by atoms with Crippen LogP contribution in [0.4, 0.5) is 0 Å². The molecule has 0 bridgehead atoms. The quantitative estimate of drug-likeness (QED) is 0.649. The largest absolute Gasteiger partial charge is 0.356 e. The average molecular weight is 200 g/mol. The molecule has 1 atom stereocenters. The fraction of sp³-hybridized carbons (Fsp3) is 1.00. The second kappa shape index (κ2) is 7.24. The Hall–Kier alpha value is -0.0800. The van der Waals surface area contributed by atoms with Crippen LogP contribution in [0.2, 0.25) is 0 Å². The summed E-state index contributed by atoms with van der Waals surface area (Å²) in [6.45, 7) is 1.98. The molecule has 0 radical (unpaired) electrons. The highest BCUT2D eigenvalue weighted by atomic mass is 16.7. The van der Waals surface area contributed by atoms with E-state index >= 15 is 0 Å². The summed E-state index contributed by atoms with van der Waals surface area (Å²) < 4.78 is 10.9. The van der Waals surface area contributed by atoms with E-state index in [0.717, 1.165) is 0 Å². The van der Waals surface area contributed by atoms with Gasteiger partial charge in [0, 0.05) is 7.11 Å². The van der Waals surface area contributed by atoms with Gasteiger partial charge >= 0.3 is 0 Å². The molecule has 2 heteroatoms. The molecular formula is C12H24O2. The maximum absolute atomic E-state index is 5.81. The molecule has 0 aromatic heterocycles. The molecule has 1 unspecified atom stereocenters. The molecule has 2 nitrogen and oxygen atoms in total. The summed E-state index contributed by atoms with van der Waals surface area (Å²) in [4.78, 5) is 0. The molecular weight excluding hydrogens is 176 g/mol. The van der Waals surface area contributed by atoms with Gasteiger partial charge in [-0.15, -0.1) is 0 Å². The lowest BCUT2D eigenvalue weighted by Crippen LogP contribution is -2.21. The van der Waals surface area contributed by atoms with Crippen molar-refractivity contribution in [3.63, 3.8) is 0 Å². The van der Waals surface area contributed by atoms with E-state index in [2.05, 4.69) is 0 Å². The van der Waals surface area contributed by atoms with E-state index in [0.29, 0.717) is 6.10 Å². The highest BCUT2D eigenvalue weighted by Gasteiger charge is 2.13.